The Morgan fingerprint density at radius 3 is 2.16 bits per heavy atom. The Kier molecular flexibility index (Phi) is 2.69. The molecule has 5 nitrogen and oxygen atoms in total. The zero-order valence-corrected chi connectivity index (χ0v) is 10.8. The molecule has 0 aliphatic carbocycles. The maximum Gasteiger partial charge on any atom is 0.159 e. The molecule has 2 aromatic carbocycles. The minimum Gasteiger partial charge on any atom is -0.504 e. The Labute approximate surface area is 112 Å². The van der Waals surface area contributed by atoms with Crippen molar-refractivity contribution in [3.63, 3.8) is 0 Å². The molecule has 0 atom stereocenters. The Bertz CT molecular complexity index is 805. The molecule has 1 aromatic heterocycles. The van der Waals surface area contributed by atoms with Crippen molar-refractivity contribution < 1.29 is 14.8 Å². The number of aromatic hydroxyl groups is 2. The van der Waals surface area contributed by atoms with Crippen LogP contribution in [0.1, 0.15) is 5.56 Å². The fourth-order valence-electron chi connectivity index (χ4n) is 2.00. The lowest BCUT2D eigenvalue weighted by molar-refractivity contribution is 0.404. The third kappa shape index (κ3) is 1.94. The third-order valence-corrected chi connectivity index (χ3v) is 3.35. The molecule has 0 radical (unpaired) electrons. The quantitative estimate of drug-likeness (QED) is 0.359. The summed E-state index contributed by atoms with van der Waals surface area (Å²) in [6, 6.07) is 6.29. The van der Waals surface area contributed by atoms with Gasteiger partial charge in [0.05, 0.1) is 22.1 Å². The number of aromatic nitrogens is 2. The van der Waals surface area contributed by atoms with Crippen molar-refractivity contribution in [1.82, 2.24) is 9.97 Å². The van der Waals surface area contributed by atoms with E-state index >= 15 is 0 Å². The second-order valence-corrected chi connectivity index (χ2v) is 4.91. The van der Waals surface area contributed by atoms with Gasteiger partial charge in [-0.05, 0) is 24.6 Å². The van der Waals surface area contributed by atoms with Gasteiger partial charge in [0.1, 0.15) is 0 Å². The summed E-state index contributed by atoms with van der Waals surface area (Å²) >= 11 is 0.652. The summed E-state index contributed by atoms with van der Waals surface area (Å²) in [5.41, 5.74) is 3.22. The van der Waals surface area contributed by atoms with Crippen LogP contribution in [0.4, 0.5) is 0 Å². The van der Waals surface area contributed by atoms with E-state index in [1.54, 1.807) is 6.07 Å². The van der Waals surface area contributed by atoms with Crippen LogP contribution in [-0.4, -0.2) is 24.7 Å². The number of phenolic OH excluding ortho intramolecular Hbond substituents is 2. The summed E-state index contributed by atoms with van der Waals surface area (Å²) in [5.74, 6) is -0.452. The molecular formula is C13H10N2O3S. The smallest absolute Gasteiger partial charge is 0.159 e. The van der Waals surface area contributed by atoms with E-state index in [9.17, 15) is 10.2 Å². The van der Waals surface area contributed by atoms with Gasteiger partial charge < -0.3 is 14.8 Å². The van der Waals surface area contributed by atoms with Crippen LogP contribution in [0.15, 0.2) is 29.2 Å². The minimum atomic E-state index is -0.231. The molecular weight excluding hydrogens is 264 g/mol. The largest absolute Gasteiger partial charge is 0.504 e. The molecule has 1 heterocycles. The molecule has 19 heavy (non-hydrogen) atoms. The first-order chi connectivity index (χ1) is 9.08. The van der Waals surface area contributed by atoms with Crippen molar-refractivity contribution in [2.24, 2.45) is 0 Å². The summed E-state index contributed by atoms with van der Waals surface area (Å²) in [6.07, 6.45) is 0. The molecule has 0 aliphatic heterocycles. The number of phenols is 2. The van der Waals surface area contributed by atoms with Crippen LogP contribution >= 0.6 is 12.0 Å². The average Bonchev–Trinajstić information content (AvgIpc) is 2.38. The summed E-state index contributed by atoms with van der Waals surface area (Å²) in [6.45, 7) is 1.88. The SMILES string of the molecule is Cc1cc(SO)cc2nc3cc(O)c(O)cc3nc12. The molecule has 0 amide bonds. The topological polar surface area (TPSA) is 86.5 Å². The van der Waals surface area contributed by atoms with Gasteiger partial charge >= 0.3 is 0 Å². The number of fused-ring (bicyclic) bond motifs is 2. The van der Waals surface area contributed by atoms with Crippen LogP contribution in [0.5, 0.6) is 11.5 Å². The monoisotopic (exact) mass is 274 g/mol. The molecule has 3 aromatic rings. The van der Waals surface area contributed by atoms with Gasteiger partial charge in [0.15, 0.2) is 11.5 Å². The molecule has 96 valence electrons. The summed E-state index contributed by atoms with van der Waals surface area (Å²) in [4.78, 5) is 9.50. The lowest BCUT2D eigenvalue weighted by Gasteiger charge is -2.06. The summed E-state index contributed by atoms with van der Waals surface area (Å²) in [5, 5.41) is 19.0. The van der Waals surface area contributed by atoms with Crippen molar-refractivity contribution in [3.8, 4) is 11.5 Å². The highest BCUT2D eigenvalue weighted by atomic mass is 32.2. The lowest BCUT2D eigenvalue weighted by Crippen LogP contribution is -1.91. The van der Waals surface area contributed by atoms with Gasteiger partial charge in [0.25, 0.3) is 0 Å². The molecule has 0 spiro atoms. The molecule has 3 N–H and O–H groups in total. The van der Waals surface area contributed by atoms with E-state index in [1.165, 1.54) is 12.1 Å². The van der Waals surface area contributed by atoms with E-state index in [0.717, 1.165) is 5.56 Å². The Hall–Kier alpha value is -2.05. The number of nitrogens with zero attached hydrogens (tertiary/aromatic N) is 2. The first-order valence-corrected chi connectivity index (χ1v) is 6.31. The van der Waals surface area contributed by atoms with Crippen LogP contribution in [0, 0.1) is 6.92 Å². The van der Waals surface area contributed by atoms with Crippen molar-refractivity contribution in [3.05, 3.63) is 29.8 Å². The highest BCUT2D eigenvalue weighted by Crippen LogP contribution is 2.31. The van der Waals surface area contributed by atoms with Gasteiger partial charge in [-0.1, -0.05) is 0 Å². The van der Waals surface area contributed by atoms with Crippen molar-refractivity contribution >= 4 is 34.1 Å². The summed E-state index contributed by atoms with van der Waals surface area (Å²) < 4.78 is 9.11. The van der Waals surface area contributed by atoms with E-state index in [4.69, 9.17) is 4.55 Å². The summed E-state index contributed by atoms with van der Waals surface area (Å²) in [7, 11) is 0. The van der Waals surface area contributed by atoms with E-state index in [2.05, 4.69) is 9.97 Å². The average molecular weight is 274 g/mol. The molecule has 0 fully saturated rings. The second kappa shape index (κ2) is 4.25. The number of hydrogen-bond donors (Lipinski definition) is 3. The molecule has 0 unspecified atom stereocenters. The highest BCUT2D eigenvalue weighted by molar-refractivity contribution is 7.93. The molecule has 3 rings (SSSR count). The van der Waals surface area contributed by atoms with Crippen LogP contribution in [0.25, 0.3) is 22.1 Å². The van der Waals surface area contributed by atoms with Crippen molar-refractivity contribution in [2.45, 2.75) is 11.8 Å². The predicted molar refractivity (Wildman–Crippen MR) is 73.6 cm³/mol. The van der Waals surface area contributed by atoms with Gasteiger partial charge in [-0.25, -0.2) is 9.97 Å². The highest BCUT2D eigenvalue weighted by Gasteiger charge is 2.09. The first kappa shape index (κ1) is 12.0. The molecule has 0 aliphatic rings. The third-order valence-electron chi connectivity index (χ3n) is 2.90. The maximum absolute atomic E-state index is 9.49. The van der Waals surface area contributed by atoms with E-state index in [1.807, 2.05) is 13.0 Å². The van der Waals surface area contributed by atoms with Crippen LogP contribution in [0.3, 0.4) is 0 Å². The molecule has 0 saturated carbocycles. The molecule has 0 saturated heterocycles. The van der Waals surface area contributed by atoms with Crippen LogP contribution in [0.2, 0.25) is 0 Å². The number of hydrogen-bond acceptors (Lipinski definition) is 6. The zero-order valence-electron chi connectivity index (χ0n) is 9.95. The van der Waals surface area contributed by atoms with E-state index < -0.39 is 0 Å². The van der Waals surface area contributed by atoms with E-state index in [0.29, 0.717) is 39.0 Å². The van der Waals surface area contributed by atoms with Gasteiger partial charge in [-0.2, -0.15) is 0 Å². The zero-order chi connectivity index (χ0) is 13.6. The van der Waals surface area contributed by atoms with Crippen LogP contribution in [-0.2, 0) is 0 Å². The van der Waals surface area contributed by atoms with Crippen molar-refractivity contribution in [2.75, 3.05) is 0 Å². The van der Waals surface area contributed by atoms with Gasteiger partial charge in [0, 0.05) is 29.1 Å². The Morgan fingerprint density at radius 1 is 0.895 bits per heavy atom. The minimum absolute atomic E-state index is 0.221. The van der Waals surface area contributed by atoms with Crippen LogP contribution < -0.4 is 0 Å². The van der Waals surface area contributed by atoms with E-state index in [-0.39, 0.29) is 11.5 Å². The van der Waals surface area contributed by atoms with Crippen molar-refractivity contribution in [1.29, 1.82) is 0 Å². The maximum atomic E-state index is 9.49. The standard InChI is InChI=1S/C13H10N2O3S/c1-6-2-7(19-18)3-10-13(6)15-9-5-12(17)11(16)4-8(9)14-10/h2-5,16-18H,1H3. The second-order valence-electron chi connectivity index (χ2n) is 4.25. The number of rotatable bonds is 1. The van der Waals surface area contributed by atoms with Gasteiger partial charge in [0.2, 0.25) is 0 Å². The lowest BCUT2D eigenvalue weighted by atomic mass is 10.2. The van der Waals surface area contributed by atoms with Gasteiger partial charge in [-0.15, -0.1) is 0 Å². The predicted octanol–water partition coefficient (Wildman–Crippen LogP) is 3.07. The molecule has 6 heteroatoms. The fraction of sp³-hybridized carbons (Fsp3) is 0.0769. The van der Waals surface area contributed by atoms with Gasteiger partial charge in [-0.3, -0.25) is 0 Å². The first-order valence-electron chi connectivity index (χ1n) is 5.54. The fourth-order valence-corrected chi connectivity index (χ4v) is 2.39. The Morgan fingerprint density at radius 2 is 1.53 bits per heavy atom. The molecule has 0 bridgehead atoms. The number of benzene rings is 2. The Balaban J connectivity index is 2.41. The number of aryl methyl sites for hydroxylation is 1. The normalized spacial score (nSPS) is 11.3.